The molecule has 2 fully saturated rings. The molecule has 2 rings (SSSR count). The normalized spacial score (nSPS) is 28.4. The minimum absolute atomic E-state index is 0.182. The third-order valence-electron chi connectivity index (χ3n) is 5.14. The summed E-state index contributed by atoms with van der Waals surface area (Å²) in [6.07, 6.45) is 0.810. The van der Waals surface area contributed by atoms with Gasteiger partial charge in [0.25, 0.3) is 0 Å². The summed E-state index contributed by atoms with van der Waals surface area (Å²) in [4.78, 5) is 25.0. The molecule has 2 aliphatic rings. The number of hydrazine groups is 2. The van der Waals surface area contributed by atoms with E-state index in [4.69, 9.17) is 9.47 Å². The Hall–Kier alpha value is -1.54. The van der Waals surface area contributed by atoms with E-state index in [1.807, 2.05) is 0 Å². The van der Waals surface area contributed by atoms with Gasteiger partial charge in [0.1, 0.15) is 0 Å². The van der Waals surface area contributed by atoms with E-state index in [-0.39, 0.29) is 36.6 Å². The Morgan fingerprint density at radius 3 is 1.29 bits per heavy atom. The molecular formula is C20H38N4O4. The van der Waals surface area contributed by atoms with Crippen LogP contribution in [0.5, 0.6) is 0 Å². The highest BCUT2D eigenvalue weighted by Crippen LogP contribution is 2.46. The quantitative estimate of drug-likeness (QED) is 0.549. The second kappa shape index (κ2) is 9.31. The highest BCUT2D eigenvalue weighted by Gasteiger charge is 2.69. The van der Waals surface area contributed by atoms with Crippen LogP contribution in [0.15, 0.2) is 0 Å². The number of amides is 2. The zero-order chi connectivity index (χ0) is 21.2. The molecule has 0 bridgehead atoms. The molecule has 0 aromatic heterocycles. The van der Waals surface area contributed by atoms with Crippen LogP contribution in [-0.4, -0.2) is 69.9 Å². The Morgan fingerprint density at radius 1 is 0.714 bits per heavy atom. The van der Waals surface area contributed by atoms with E-state index in [0.717, 1.165) is 12.8 Å². The number of ether oxygens (including phenoxy) is 2. The maximum absolute atomic E-state index is 12.5. The van der Waals surface area contributed by atoms with Crippen LogP contribution < -0.4 is 0 Å². The molecule has 0 saturated carbocycles. The van der Waals surface area contributed by atoms with E-state index in [1.54, 1.807) is 23.9 Å². The second-order valence-electron chi connectivity index (χ2n) is 8.63. The monoisotopic (exact) mass is 398 g/mol. The van der Waals surface area contributed by atoms with Crippen LogP contribution in [0, 0.1) is 11.8 Å². The molecule has 162 valence electrons. The Labute approximate surface area is 169 Å². The van der Waals surface area contributed by atoms with Crippen LogP contribution in [0.4, 0.5) is 9.59 Å². The molecule has 2 amide bonds. The molecule has 2 saturated heterocycles. The summed E-state index contributed by atoms with van der Waals surface area (Å²) < 4.78 is 10.5. The average molecular weight is 399 g/mol. The van der Waals surface area contributed by atoms with Gasteiger partial charge in [0.05, 0.1) is 13.2 Å². The van der Waals surface area contributed by atoms with Gasteiger partial charge in [-0.25, -0.2) is 19.6 Å². The van der Waals surface area contributed by atoms with Crippen molar-refractivity contribution in [3.63, 3.8) is 0 Å². The lowest BCUT2D eigenvalue weighted by molar-refractivity contribution is 0.109. The Balaban J connectivity index is 2.20. The fourth-order valence-electron chi connectivity index (χ4n) is 4.23. The van der Waals surface area contributed by atoms with Gasteiger partial charge in [-0.15, -0.1) is 0 Å². The minimum atomic E-state index is -0.352. The lowest BCUT2D eigenvalue weighted by Crippen LogP contribution is -2.25. The number of nitrogens with zero attached hydrogens (tertiary/aromatic N) is 4. The third kappa shape index (κ3) is 4.89. The molecule has 2 unspecified atom stereocenters. The van der Waals surface area contributed by atoms with Gasteiger partial charge in [0.15, 0.2) is 12.3 Å². The minimum Gasteiger partial charge on any atom is -0.449 e. The first-order valence-corrected chi connectivity index (χ1v) is 10.6. The highest BCUT2D eigenvalue weighted by molar-refractivity contribution is 5.73. The molecule has 6 atom stereocenters. The molecule has 0 aliphatic carbocycles. The van der Waals surface area contributed by atoms with Crippen molar-refractivity contribution in [1.82, 2.24) is 20.0 Å². The van der Waals surface area contributed by atoms with Gasteiger partial charge in [-0.1, -0.05) is 27.7 Å². The highest BCUT2D eigenvalue weighted by atomic mass is 16.6. The van der Waals surface area contributed by atoms with Crippen molar-refractivity contribution in [2.45, 2.75) is 92.6 Å². The summed E-state index contributed by atoms with van der Waals surface area (Å²) in [5.74, 6) is 1.02. The predicted molar refractivity (Wildman–Crippen MR) is 107 cm³/mol. The van der Waals surface area contributed by atoms with Gasteiger partial charge >= 0.3 is 12.2 Å². The summed E-state index contributed by atoms with van der Waals surface area (Å²) in [7, 11) is 0. The largest absolute Gasteiger partial charge is 0.449 e. The molecule has 0 radical (unpaired) electrons. The fourth-order valence-corrected chi connectivity index (χ4v) is 4.23. The van der Waals surface area contributed by atoms with Crippen LogP contribution in [0.2, 0.25) is 0 Å². The van der Waals surface area contributed by atoms with Crippen molar-refractivity contribution in [2.75, 3.05) is 13.2 Å². The number of hydrogen-bond acceptors (Lipinski definition) is 6. The molecule has 28 heavy (non-hydrogen) atoms. The molecule has 2 aliphatic heterocycles. The molecule has 0 spiro atoms. The average Bonchev–Trinajstić information content (AvgIpc) is 3.45. The lowest BCUT2D eigenvalue weighted by Gasteiger charge is -2.15. The maximum atomic E-state index is 12.5. The smallest absolute Gasteiger partial charge is 0.426 e. The van der Waals surface area contributed by atoms with E-state index >= 15 is 0 Å². The zero-order valence-corrected chi connectivity index (χ0v) is 18.7. The SMILES string of the molecule is CCOC(=O)N1[C@@H]([C@H]2N(C(=O)OCC)N2[C@H](C)CC(C)C)N1[C@H](C)CC(C)C. The third-order valence-corrected chi connectivity index (χ3v) is 5.14. The van der Waals surface area contributed by atoms with Gasteiger partial charge < -0.3 is 9.47 Å². The van der Waals surface area contributed by atoms with Crippen molar-refractivity contribution in [1.29, 1.82) is 0 Å². The summed E-state index contributed by atoms with van der Waals surface area (Å²) in [6.45, 7) is 17.2. The van der Waals surface area contributed by atoms with Crippen molar-refractivity contribution in [2.24, 2.45) is 11.8 Å². The van der Waals surface area contributed by atoms with Crippen LogP contribution >= 0.6 is 0 Å². The van der Waals surface area contributed by atoms with Gasteiger partial charge in [0, 0.05) is 12.1 Å². The van der Waals surface area contributed by atoms with E-state index in [9.17, 15) is 9.59 Å². The van der Waals surface area contributed by atoms with E-state index in [2.05, 4.69) is 51.6 Å². The van der Waals surface area contributed by atoms with E-state index in [0.29, 0.717) is 25.0 Å². The van der Waals surface area contributed by atoms with Crippen molar-refractivity contribution in [3.8, 4) is 0 Å². The Morgan fingerprint density at radius 2 is 1.04 bits per heavy atom. The first-order chi connectivity index (χ1) is 13.1. The predicted octanol–water partition coefficient (Wildman–Crippen LogP) is 3.89. The molecule has 2 heterocycles. The molecule has 8 nitrogen and oxygen atoms in total. The first-order valence-electron chi connectivity index (χ1n) is 10.6. The van der Waals surface area contributed by atoms with Crippen molar-refractivity contribution in [3.05, 3.63) is 0 Å². The van der Waals surface area contributed by atoms with E-state index in [1.165, 1.54) is 0 Å². The fraction of sp³-hybridized carbons (Fsp3) is 0.900. The van der Waals surface area contributed by atoms with Gasteiger partial charge in [-0.3, -0.25) is 0 Å². The number of carbonyl (C=O) groups is 2. The number of rotatable bonds is 9. The lowest BCUT2D eigenvalue weighted by atomic mass is 10.0. The number of carbonyl (C=O) groups excluding carboxylic acids is 2. The number of hydrogen-bond donors (Lipinski definition) is 0. The molecule has 0 N–H and O–H groups in total. The van der Waals surface area contributed by atoms with Crippen molar-refractivity contribution < 1.29 is 19.1 Å². The Bertz CT molecular complexity index is 508. The topological polar surface area (TPSA) is 64.6 Å². The van der Waals surface area contributed by atoms with Crippen LogP contribution in [0.25, 0.3) is 0 Å². The molecule has 0 aromatic rings. The molecular weight excluding hydrogens is 360 g/mol. The van der Waals surface area contributed by atoms with Crippen LogP contribution in [0.3, 0.4) is 0 Å². The van der Waals surface area contributed by atoms with Gasteiger partial charge in [0.2, 0.25) is 0 Å². The maximum Gasteiger partial charge on any atom is 0.426 e. The standard InChI is InChI=1S/C20H38N4O4/c1-9-27-19(25)23-17(21(23)15(7)11-13(3)4)18-22(16(8)12-14(5)6)24(18)20(26)28-10-2/h13-18H,9-12H2,1-8H3/t15-,16-,17-,18+,21?,22?,23?,24?/m1/s1. The summed E-state index contributed by atoms with van der Waals surface area (Å²) in [6, 6.07) is 0.364. The van der Waals surface area contributed by atoms with Crippen LogP contribution in [0.1, 0.15) is 68.2 Å². The van der Waals surface area contributed by atoms with E-state index < -0.39 is 0 Å². The van der Waals surface area contributed by atoms with Crippen LogP contribution in [-0.2, 0) is 9.47 Å². The molecule has 8 heteroatoms. The second-order valence-corrected chi connectivity index (χ2v) is 8.63. The van der Waals surface area contributed by atoms with Gasteiger partial charge in [-0.05, 0) is 52.4 Å². The summed E-state index contributed by atoms with van der Waals surface area (Å²) in [5.41, 5.74) is 0. The first kappa shape index (κ1) is 22.7. The summed E-state index contributed by atoms with van der Waals surface area (Å²) in [5, 5.41) is 7.43. The van der Waals surface area contributed by atoms with Gasteiger partial charge in [-0.2, -0.15) is 10.0 Å². The van der Waals surface area contributed by atoms with Crippen molar-refractivity contribution >= 4 is 12.2 Å². The summed E-state index contributed by atoms with van der Waals surface area (Å²) >= 11 is 0. The Kier molecular flexibility index (Phi) is 7.56. The zero-order valence-electron chi connectivity index (χ0n) is 18.7. The molecule has 0 aromatic carbocycles.